The Balaban J connectivity index is 2.66. The highest BCUT2D eigenvalue weighted by atomic mass is 16.5. The molecule has 4 heteroatoms. The predicted octanol–water partition coefficient (Wildman–Crippen LogP) is 1.12. The lowest BCUT2D eigenvalue weighted by molar-refractivity contribution is -0.0336. The van der Waals surface area contributed by atoms with Gasteiger partial charge in [0.25, 0.3) is 0 Å². The largest absolute Gasteiger partial charge is 0.379 e. The molecular weight excluding hydrogens is 226 g/mol. The Hall–Kier alpha value is -0.600. The van der Waals surface area contributed by atoms with Crippen molar-refractivity contribution in [3.63, 3.8) is 0 Å². The summed E-state index contributed by atoms with van der Waals surface area (Å²) in [6.45, 7) is 8.11. The first-order valence-electron chi connectivity index (χ1n) is 6.91. The fraction of sp³-hybridized carbons (Fsp3) is 0.857. The number of terminal acetylenes is 1. The van der Waals surface area contributed by atoms with Crippen LogP contribution in [0.2, 0.25) is 0 Å². The van der Waals surface area contributed by atoms with Crippen molar-refractivity contribution in [2.75, 3.05) is 26.3 Å². The van der Waals surface area contributed by atoms with Crippen LogP contribution in [0.25, 0.3) is 0 Å². The molecule has 18 heavy (non-hydrogen) atoms. The van der Waals surface area contributed by atoms with Crippen molar-refractivity contribution < 1.29 is 4.74 Å². The number of ether oxygens (including phenoxy) is 1. The van der Waals surface area contributed by atoms with Gasteiger partial charge in [0.15, 0.2) is 0 Å². The number of hydrogen-bond acceptors (Lipinski definition) is 4. The van der Waals surface area contributed by atoms with E-state index in [9.17, 15) is 0 Å². The van der Waals surface area contributed by atoms with E-state index in [1.807, 2.05) is 0 Å². The molecular formula is C14H27N3O. The van der Waals surface area contributed by atoms with Crippen molar-refractivity contribution in [1.82, 2.24) is 10.3 Å². The smallest absolute Gasteiger partial charge is 0.0594 e. The molecule has 2 atom stereocenters. The van der Waals surface area contributed by atoms with Crippen LogP contribution in [0.1, 0.15) is 39.5 Å². The number of rotatable bonds is 7. The first-order valence-corrected chi connectivity index (χ1v) is 6.91. The van der Waals surface area contributed by atoms with Crippen molar-refractivity contribution in [3.05, 3.63) is 0 Å². The summed E-state index contributed by atoms with van der Waals surface area (Å²) in [5.41, 5.74) is 3.08. The molecule has 3 N–H and O–H groups in total. The molecule has 0 aromatic rings. The minimum atomic E-state index is 0.0765. The summed E-state index contributed by atoms with van der Waals surface area (Å²) in [6, 6.07) is 0.272. The normalized spacial score (nSPS) is 22.1. The molecule has 0 saturated carbocycles. The Morgan fingerprint density at radius 2 is 2.17 bits per heavy atom. The SMILES string of the molecule is C#CCCCC(NN)C(C)(CC)N1CCOCC1. The van der Waals surface area contributed by atoms with Crippen LogP contribution in [-0.4, -0.2) is 42.8 Å². The first-order chi connectivity index (χ1) is 8.69. The summed E-state index contributed by atoms with van der Waals surface area (Å²) in [5.74, 6) is 8.46. The van der Waals surface area contributed by atoms with Crippen LogP contribution in [0.15, 0.2) is 0 Å². The second-order valence-electron chi connectivity index (χ2n) is 5.13. The van der Waals surface area contributed by atoms with E-state index in [4.69, 9.17) is 17.0 Å². The van der Waals surface area contributed by atoms with Gasteiger partial charge >= 0.3 is 0 Å². The van der Waals surface area contributed by atoms with Crippen molar-refractivity contribution in [2.24, 2.45) is 5.84 Å². The summed E-state index contributed by atoms with van der Waals surface area (Å²) in [5, 5.41) is 0. The summed E-state index contributed by atoms with van der Waals surface area (Å²) in [7, 11) is 0. The average molecular weight is 253 g/mol. The molecule has 1 heterocycles. The number of unbranched alkanes of at least 4 members (excludes halogenated alkanes) is 1. The number of hydrogen-bond donors (Lipinski definition) is 2. The molecule has 1 fully saturated rings. The van der Waals surface area contributed by atoms with Gasteiger partial charge in [0.2, 0.25) is 0 Å². The molecule has 0 bridgehead atoms. The van der Waals surface area contributed by atoms with E-state index >= 15 is 0 Å². The third-order valence-electron chi connectivity index (χ3n) is 4.22. The monoisotopic (exact) mass is 253 g/mol. The van der Waals surface area contributed by atoms with Crippen molar-refractivity contribution in [3.8, 4) is 12.3 Å². The standard InChI is InChI=1S/C14H27N3O/c1-4-6-7-8-13(16-15)14(3,5-2)17-9-11-18-12-10-17/h1,13,16H,5-12,15H2,2-3H3. The summed E-state index contributed by atoms with van der Waals surface area (Å²) in [4.78, 5) is 2.50. The van der Waals surface area contributed by atoms with E-state index in [2.05, 4.69) is 30.1 Å². The third-order valence-corrected chi connectivity index (χ3v) is 4.22. The van der Waals surface area contributed by atoms with E-state index in [1.165, 1.54) is 0 Å². The van der Waals surface area contributed by atoms with Gasteiger partial charge in [0, 0.05) is 31.1 Å². The topological polar surface area (TPSA) is 50.5 Å². The fourth-order valence-corrected chi connectivity index (χ4v) is 2.75. The number of nitrogens with two attached hydrogens (primary N) is 1. The van der Waals surface area contributed by atoms with Gasteiger partial charge in [-0.05, 0) is 26.2 Å². The van der Waals surface area contributed by atoms with Crippen LogP contribution in [0.4, 0.5) is 0 Å². The Labute approximate surface area is 111 Å². The molecule has 1 saturated heterocycles. The molecule has 0 radical (unpaired) electrons. The molecule has 0 aromatic carbocycles. The number of hydrazine groups is 1. The lowest BCUT2D eigenvalue weighted by Crippen LogP contribution is -2.63. The van der Waals surface area contributed by atoms with Crippen LogP contribution in [0.5, 0.6) is 0 Å². The summed E-state index contributed by atoms with van der Waals surface area (Å²) in [6.07, 6.45) is 9.24. The van der Waals surface area contributed by atoms with E-state index in [0.29, 0.717) is 0 Å². The molecule has 0 aliphatic carbocycles. The van der Waals surface area contributed by atoms with Gasteiger partial charge in [-0.2, -0.15) is 0 Å². The number of morpholine rings is 1. The number of nitrogens with one attached hydrogen (secondary N) is 1. The fourth-order valence-electron chi connectivity index (χ4n) is 2.75. The quantitative estimate of drug-likeness (QED) is 0.309. The molecule has 0 spiro atoms. The third kappa shape index (κ3) is 3.69. The molecule has 0 aromatic heterocycles. The average Bonchev–Trinajstić information content (AvgIpc) is 2.44. The van der Waals surface area contributed by atoms with E-state index in [-0.39, 0.29) is 11.6 Å². The lowest BCUT2D eigenvalue weighted by atomic mass is 9.84. The minimum absolute atomic E-state index is 0.0765. The Bertz CT molecular complexity index is 271. The van der Waals surface area contributed by atoms with Gasteiger partial charge in [-0.3, -0.25) is 16.2 Å². The van der Waals surface area contributed by atoms with Gasteiger partial charge < -0.3 is 4.74 Å². The van der Waals surface area contributed by atoms with Crippen molar-refractivity contribution >= 4 is 0 Å². The highest BCUT2D eigenvalue weighted by Crippen LogP contribution is 2.27. The Morgan fingerprint density at radius 1 is 1.50 bits per heavy atom. The van der Waals surface area contributed by atoms with Gasteiger partial charge in [-0.1, -0.05) is 6.92 Å². The lowest BCUT2D eigenvalue weighted by Gasteiger charge is -2.47. The van der Waals surface area contributed by atoms with E-state index < -0.39 is 0 Å². The van der Waals surface area contributed by atoms with Gasteiger partial charge in [0.05, 0.1) is 13.2 Å². The summed E-state index contributed by atoms with van der Waals surface area (Å²) < 4.78 is 5.43. The highest BCUT2D eigenvalue weighted by Gasteiger charge is 2.37. The number of nitrogens with zero attached hydrogens (tertiary/aromatic N) is 1. The van der Waals surface area contributed by atoms with Crippen molar-refractivity contribution in [2.45, 2.75) is 51.1 Å². The maximum atomic E-state index is 5.76. The Morgan fingerprint density at radius 3 is 2.67 bits per heavy atom. The zero-order valence-corrected chi connectivity index (χ0v) is 11.7. The molecule has 1 aliphatic rings. The van der Waals surface area contributed by atoms with Crippen LogP contribution in [0, 0.1) is 12.3 Å². The minimum Gasteiger partial charge on any atom is -0.379 e. The van der Waals surface area contributed by atoms with Gasteiger partial charge in [-0.25, -0.2) is 0 Å². The van der Waals surface area contributed by atoms with E-state index in [0.717, 1.165) is 52.0 Å². The molecule has 1 aliphatic heterocycles. The highest BCUT2D eigenvalue weighted by molar-refractivity contribution is 4.97. The van der Waals surface area contributed by atoms with Crippen LogP contribution >= 0.6 is 0 Å². The summed E-state index contributed by atoms with van der Waals surface area (Å²) >= 11 is 0. The second-order valence-corrected chi connectivity index (χ2v) is 5.13. The van der Waals surface area contributed by atoms with Crippen LogP contribution < -0.4 is 11.3 Å². The maximum absolute atomic E-state index is 5.76. The molecule has 1 rings (SSSR count). The van der Waals surface area contributed by atoms with Gasteiger partial charge in [0.1, 0.15) is 0 Å². The Kier molecular flexibility index (Phi) is 6.66. The predicted molar refractivity (Wildman–Crippen MR) is 74.9 cm³/mol. The molecule has 0 amide bonds. The van der Waals surface area contributed by atoms with E-state index in [1.54, 1.807) is 0 Å². The van der Waals surface area contributed by atoms with Crippen LogP contribution in [0.3, 0.4) is 0 Å². The van der Waals surface area contributed by atoms with Crippen molar-refractivity contribution in [1.29, 1.82) is 0 Å². The second kappa shape index (κ2) is 7.75. The van der Waals surface area contributed by atoms with Crippen LogP contribution in [-0.2, 0) is 4.74 Å². The van der Waals surface area contributed by atoms with Gasteiger partial charge in [-0.15, -0.1) is 12.3 Å². The maximum Gasteiger partial charge on any atom is 0.0594 e. The zero-order chi connectivity index (χ0) is 13.4. The molecule has 2 unspecified atom stereocenters. The first kappa shape index (κ1) is 15.5. The molecule has 4 nitrogen and oxygen atoms in total. The molecule has 104 valence electrons. The zero-order valence-electron chi connectivity index (χ0n) is 11.7.